The zero-order chi connectivity index (χ0) is 34.3. The molecule has 0 unspecified atom stereocenters. The summed E-state index contributed by atoms with van der Waals surface area (Å²) in [5.41, 5.74) is -0.0959. The summed E-state index contributed by atoms with van der Waals surface area (Å²) in [6.07, 6.45) is 6.30. The van der Waals surface area contributed by atoms with Gasteiger partial charge in [0.15, 0.2) is 23.1 Å². The van der Waals surface area contributed by atoms with E-state index >= 15 is 4.39 Å². The number of hydrogen-bond acceptors (Lipinski definition) is 9. The van der Waals surface area contributed by atoms with Crippen molar-refractivity contribution in [1.29, 1.82) is 0 Å². The lowest BCUT2D eigenvalue weighted by atomic mass is 10.1. The predicted octanol–water partition coefficient (Wildman–Crippen LogP) is 6.74. The lowest BCUT2D eigenvalue weighted by Gasteiger charge is -2.23. The molecule has 1 aliphatic rings. The average molecular weight is 671 g/mol. The van der Waals surface area contributed by atoms with Gasteiger partial charge in [0.2, 0.25) is 5.75 Å². The van der Waals surface area contributed by atoms with Crippen LogP contribution in [0.4, 0.5) is 14.5 Å². The van der Waals surface area contributed by atoms with E-state index in [1.807, 2.05) is 6.21 Å². The molecule has 6 rings (SSSR count). The first-order chi connectivity index (χ1) is 23.9. The van der Waals surface area contributed by atoms with Gasteiger partial charge in [0.1, 0.15) is 36.1 Å². The van der Waals surface area contributed by atoms with Crippen molar-refractivity contribution >= 4 is 28.7 Å². The van der Waals surface area contributed by atoms with Crippen LogP contribution in [0.2, 0.25) is 0 Å². The van der Waals surface area contributed by atoms with Crippen molar-refractivity contribution in [2.45, 2.75) is 19.8 Å². The lowest BCUT2D eigenvalue weighted by Crippen LogP contribution is -2.29. The molecule has 3 heterocycles. The first kappa shape index (κ1) is 32.9. The van der Waals surface area contributed by atoms with Gasteiger partial charge in [0.05, 0.1) is 24.1 Å². The summed E-state index contributed by atoms with van der Waals surface area (Å²) in [6.45, 7) is 2.94. The predicted molar refractivity (Wildman–Crippen MR) is 179 cm³/mol. The number of fused-ring (bicyclic) bond motifs is 3. The molecule has 252 valence electrons. The maximum atomic E-state index is 15.5. The van der Waals surface area contributed by atoms with E-state index in [1.165, 1.54) is 59.4 Å². The third kappa shape index (κ3) is 7.15. The summed E-state index contributed by atoms with van der Waals surface area (Å²) >= 11 is 0. The third-order valence-electron chi connectivity index (χ3n) is 7.46. The van der Waals surface area contributed by atoms with Gasteiger partial charge < -0.3 is 34.0 Å². The zero-order valence-electron chi connectivity index (χ0n) is 26.7. The van der Waals surface area contributed by atoms with Crippen LogP contribution < -0.4 is 34.6 Å². The molecule has 1 amide bonds. The van der Waals surface area contributed by atoms with Crippen LogP contribution in [-0.4, -0.2) is 55.1 Å². The fourth-order valence-corrected chi connectivity index (χ4v) is 5.23. The monoisotopic (exact) mass is 670 g/mol. The highest BCUT2D eigenvalue weighted by atomic mass is 19.1. The maximum Gasteiger partial charge on any atom is 0.271 e. The Kier molecular flexibility index (Phi) is 9.98. The second-order valence-corrected chi connectivity index (χ2v) is 10.7. The number of aromatic nitrogens is 2. The summed E-state index contributed by atoms with van der Waals surface area (Å²) < 4.78 is 59.6. The lowest BCUT2D eigenvalue weighted by molar-refractivity contribution is 0.102. The molecule has 0 saturated heterocycles. The Bertz CT molecular complexity index is 2080. The normalized spacial score (nSPS) is 12.2. The minimum atomic E-state index is -0.821. The van der Waals surface area contributed by atoms with Crippen LogP contribution in [0, 0.1) is 11.6 Å². The second kappa shape index (κ2) is 14.8. The van der Waals surface area contributed by atoms with Crippen molar-refractivity contribution in [3.05, 3.63) is 101 Å². The molecule has 1 aliphatic heterocycles. The van der Waals surface area contributed by atoms with Gasteiger partial charge in [-0.1, -0.05) is 0 Å². The van der Waals surface area contributed by atoms with Crippen LogP contribution in [0.3, 0.4) is 0 Å². The fraction of sp³-hybridized carbons (Fsp3) is 0.222. The smallest absolute Gasteiger partial charge is 0.271 e. The van der Waals surface area contributed by atoms with Gasteiger partial charge >= 0.3 is 0 Å². The molecule has 2 aromatic heterocycles. The number of pyridine rings is 2. The van der Waals surface area contributed by atoms with Crippen LogP contribution in [0.15, 0.2) is 82.8 Å². The minimum Gasteiger partial charge on any atom is -0.493 e. The van der Waals surface area contributed by atoms with Gasteiger partial charge in [-0.25, -0.2) is 8.78 Å². The summed E-state index contributed by atoms with van der Waals surface area (Å²) in [4.78, 5) is 35.3. The number of nitrogens with one attached hydrogen (secondary N) is 1. The molecule has 3 aromatic carbocycles. The minimum absolute atomic E-state index is 0.0439. The average Bonchev–Trinajstić information content (AvgIpc) is 3.10. The Morgan fingerprint density at radius 3 is 2.53 bits per heavy atom. The first-order valence-corrected chi connectivity index (χ1v) is 15.6. The van der Waals surface area contributed by atoms with Crippen LogP contribution in [0.25, 0.3) is 16.6 Å². The van der Waals surface area contributed by atoms with E-state index in [2.05, 4.69) is 15.3 Å². The van der Waals surface area contributed by atoms with E-state index in [9.17, 15) is 14.0 Å². The number of anilines is 1. The van der Waals surface area contributed by atoms with E-state index in [0.29, 0.717) is 47.1 Å². The van der Waals surface area contributed by atoms with Gasteiger partial charge in [-0.05, 0) is 74.5 Å². The summed E-state index contributed by atoms with van der Waals surface area (Å²) in [5, 5.41) is 3.04. The summed E-state index contributed by atoms with van der Waals surface area (Å²) in [5.74, 6) is -0.653. The molecular formula is C36H32F2N4O7. The molecule has 0 atom stereocenters. The number of rotatable bonds is 12. The van der Waals surface area contributed by atoms with E-state index in [0.717, 1.165) is 18.9 Å². The number of carbonyl (C=O) groups is 1. The third-order valence-corrected chi connectivity index (χ3v) is 7.46. The van der Waals surface area contributed by atoms with Crippen molar-refractivity contribution < 1.29 is 37.3 Å². The molecule has 5 aromatic rings. The molecule has 0 fully saturated rings. The quantitative estimate of drug-likeness (QED) is 0.114. The number of carbonyl (C=O) groups excluding carboxylic acids is 1. The molecule has 0 bridgehead atoms. The molecule has 1 N–H and O–H groups in total. The van der Waals surface area contributed by atoms with Gasteiger partial charge in [0.25, 0.3) is 11.5 Å². The molecule has 11 nitrogen and oxygen atoms in total. The first-order valence-electron chi connectivity index (χ1n) is 15.6. The number of nitrogens with zero attached hydrogens (tertiary/aromatic N) is 3. The number of unbranched alkanes of at least 4 members (excludes halogenated alkanes) is 1. The molecule has 0 radical (unpaired) electrons. The number of benzene rings is 3. The van der Waals surface area contributed by atoms with Gasteiger partial charge in [-0.3, -0.25) is 19.1 Å². The summed E-state index contributed by atoms with van der Waals surface area (Å²) in [6, 6.07) is 13.8. The fourth-order valence-electron chi connectivity index (χ4n) is 5.23. The maximum absolute atomic E-state index is 15.5. The Morgan fingerprint density at radius 2 is 1.78 bits per heavy atom. The Hall–Kier alpha value is -5.98. The van der Waals surface area contributed by atoms with Crippen molar-refractivity contribution in [2.24, 2.45) is 4.99 Å². The summed E-state index contributed by atoms with van der Waals surface area (Å²) in [7, 11) is 1.72. The van der Waals surface area contributed by atoms with Crippen molar-refractivity contribution in [1.82, 2.24) is 9.55 Å². The number of ether oxygens (including phenoxy) is 5. The second-order valence-electron chi connectivity index (χ2n) is 10.7. The highest BCUT2D eigenvalue weighted by Gasteiger charge is 2.25. The van der Waals surface area contributed by atoms with E-state index in [4.69, 9.17) is 23.7 Å². The molecule has 0 aliphatic carbocycles. The zero-order valence-corrected chi connectivity index (χ0v) is 26.7. The molecule has 0 spiro atoms. The number of halogens is 2. The molecular weight excluding hydrogens is 638 g/mol. The van der Waals surface area contributed by atoms with Crippen molar-refractivity contribution in [3.8, 4) is 40.2 Å². The molecule has 13 heteroatoms. The van der Waals surface area contributed by atoms with Crippen LogP contribution in [-0.2, 0) is 0 Å². The van der Waals surface area contributed by atoms with Crippen LogP contribution in [0.5, 0.6) is 34.5 Å². The highest BCUT2D eigenvalue weighted by molar-refractivity contribution is 6.06. The molecule has 0 saturated carbocycles. The van der Waals surface area contributed by atoms with E-state index < -0.39 is 23.1 Å². The number of aliphatic imine (C=N–C) groups is 1. The van der Waals surface area contributed by atoms with E-state index in [1.54, 1.807) is 26.1 Å². The topological polar surface area (TPSA) is 123 Å². The van der Waals surface area contributed by atoms with Crippen molar-refractivity contribution in [2.75, 3.05) is 38.8 Å². The highest BCUT2D eigenvalue weighted by Crippen LogP contribution is 2.48. The van der Waals surface area contributed by atoms with Gasteiger partial charge in [0, 0.05) is 42.9 Å². The van der Waals surface area contributed by atoms with Gasteiger partial charge in [-0.2, -0.15) is 0 Å². The van der Waals surface area contributed by atoms with E-state index in [-0.39, 0.29) is 41.7 Å². The SMILES string of the molecule is CCOc1ccn(-c2ccc(F)cc2)c(=O)c1C(=O)Nc1ccc(Oc2ccnc3cc(OCCC/C=N/C)c4c(c23)OCCO4)c(F)c1. The van der Waals surface area contributed by atoms with Crippen molar-refractivity contribution in [3.63, 3.8) is 0 Å². The standard InChI is InChI=1S/C36H32F2N4O7/c1-3-45-28-13-16-42(24-9-6-22(37)7-10-24)36(44)32(28)35(43)41-23-8-11-27(25(38)20-23)49-29-12-15-40-26-21-30(46-17-5-4-14-39-2)33-34(31(26)29)48-19-18-47-33/h6-16,20-21H,3-5,17-19H2,1-2H3,(H,41,43)/b39-14+. The number of hydrogen-bond donors (Lipinski definition) is 1. The largest absolute Gasteiger partial charge is 0.493 e. The van der Waals surface area contributed by atoms with Gasteiger partial charge in [-0.15, -0.1) is 0 Å². The number of amides is 1. The Morgan fingerprint density at radius 1 is 0.980 bits per heavy atom. The Balaban J connectivity index is 1.26. The van der Waals surface area contributed by atoms with Crippen LogP contribution in [0.1, 0.15) is 30.1 Å². The van der Waals surface area contributed by atoms with Crippen LogP contribution >= 0.6 is 0 Å². The Labute approximate surface area is 279 Å². The molecule has 49 heavy (non-hydrogen) atoms.